The lowest BCUT2D eigenvalue weighted by atomic mass is 9.98. The van der Waals surface area contributed by atoms with Crippen LogP contribution in [0.4, 0.5) is 5.69 Å². The number of fused-ring (bicyclic) bond motifs is 1. The molecule has 1 aromatic heterocycles. The third kappa shape index (κ3) is 3.37. The van der Waals surface area contributed by atoms with Crippen LogP contribution in [0.15, 0.2) is 54.9 Å². The summed E-state index contributed by atoms with van der Waals surface area (Å²) in [5.74, 6) is 0.174. The van der Waals surface area contributed by atoms with Crippen LogP contribution in [0.5, 0.6) is 0 Å². The fourth-order valence-corrected chi connectivity index (χ4v) is 4.00. The van der Waals surface area contributed by atoms with Gasteiger partial charge in [0.2, 0.25) is 0 Å². The van der Waals surface area contributed by atoms with Gasteiger partial charge in [0, 0.05) is 25.4 Å². The first kappa shape index (κ1) is 17.5. The number of carbonyl (C=O) groups excluding carboxylic acids is 2. The smallest absolute Gasteiger partial charge is 0.123 e. The van der Waals surface area contributed by atoms with Crippen molar-refractivity contribution in [3.05, 3.63) is 60.4 Å². The number of para-hydroxylation sites is 1. The van der Waals surface area contributed by atoms with Gasteiger partial charge in [-0.3, -0.25) is 0 Å². The van der Waals surface area contributed by atoms with Gasteiger partial charge in [-0.2, -0.15) is 0 Å². The summed E-state index contributed by atoms with van der Waals surface area (Å²) >= 11 is 0. The Hall–Kier alpha value is -2.95. The second kappa shape index (κ2) is 7.74. The summed E-state index contributed by atoms with van der Waals surface area (Å²) in [5.41, 5.74) is 4.18. The van der Waals surface area contributed by atoms with Crippen LogP contribution in [0.3, 0.4) is 0 Å². The van der Waals surface area contributed by atoms with Gasteiger partial charge >= 0.3 is 0 Å². The van der Waals surface area contributed by atoms with Crippen LogP contribution in [0.1, 0.15) is 30.9 Å². The lowest BCUT2D eigenvalue weighted by molar-refractivity contribution is -0.111. The van der Waals surface area contributed by atoms with E-state index in [1.54, 1.807) is 0 Å². The second-order valence-electron chi connectivity index (χ2n) is 7.09. The van der Waals surface area contributed by atoms with E-state index < -0.39 is 0 Å². The first-order chi connectivity index (χ1) is 13.3. The third-order valence-corrected chi connectivity index (χ3v) is 5.50. The largest absolute Gasteiger partial charge is 0.370 e. The highest BCUT2D eigenvalue weighted by Crippen LogP contribution is 2.32. The number of nitrogens with zero attached hydrogens (tertiary/aromatic N) is 3. The molecule has 0 amide bonds. The molecule has 5 nitrogen and oxygen atoms in total. The van der Waals surface area contributed by atoms with Gasteiger partial charge in [-0.1, -0.05) is 36.4 Å². The van der Waals surface area contributed by atoms with E-state index in [4.69, 9.17) is 4.98 Å². The van der Waals surface area contributed by atoms with E-state index in [2.05, 4.69) is 21.6 Å². The summed E-state index contributed by atoms with van der Waals surface area (Å²) < 4.78 is 2.10. The summed E-state index contributed by atoms with van der Waals surface area (Å²) in [6, 6.07) is 16.2. The fourth-order valence-electron chi connectivity index (χ4n) is 4.00. The zero-order valence-corrected chi connectivity index (χ0v) is 15.2. The Kier molecular flexibility index (Phi) is 5.01. The number of imidazole rings is 1. The van der Waals surface area contributed by atoms with Crippen molar-refractivity contribution >= 4 is 29.3 Å². The molecule has 1 saturated heterocycles. The Bertz CT molecular complexity index is 927. The molecule has 5 heteroatoms. The van der Waals surface area contributed by atoms with E-state index in [-0.39, 0.29) is 12.0 Å². The Morgan fingerprint density at radius 2 is 1.81 bits per heavy atom. The molecule has 4 rings (SSSR count). The molecular formula is C22H23N3O2. The Labute approximate surface area is 158 Å². The molecule has 0 bridgehead atoms. The highest BCUT2D eigenvalue weighted by atomic mass is 16.1. The van der Waals surface area contributed by atoms with Crippen LogP contribution >= 0.6 is 0 Å². The number of piperidine rings is 1. The summed E-state index contributed by atoms with van der Waals surface area (Å²) in [4.78, 5) is 29.4. The third-order valence-electron chi connectivity index (χ3n) is 5.50. The van der Waals surface area contributed by atoms with E-state index in [1.165, 1.54) is 0 Å². The Balaban J connectivity index is 1.71. The molecule has 0 radical (unpaired) electrons. The van der Waals surface area contributed by atoms with Gasteiger partial charge < -0.3 is 19.1 Å². The fraction of sp³-hybridized carbons (Fsp3) is 0.318. The first-order valence-electron chi connectivity index (χ1n) is 9.46. The highest BCUT2D eigenvalue weighted by Gasteiger charge is 2.22. The van der Waals surface area contributed by atoms with Crippen molar-refractivity contribution in [2.75, 3.05) is 18.0 Å². The van der Waals surface area contributed by atoms with Crippen molar-refractivity contribution in [3.8, 4) is 0 Å². The average molecular weight is 361 g/mol. The van der Waals surface area contributed by atoms with Crippen molar-refractivity contribution in [2.45, 2.75) is 25.3 Å². The Morgan fingerprint density at radius 1 is 1.04 bits per heavy atom. The summed E-state index contributed by atoms with van der Waals surface area (Å²) in [6.07, 6.45) is 6.07. The number of rotatable bonds is 6. The number of anilines is 1. The zero-order chi connectivity index (χ0) is 18.6. The molecule has 138 valence electrons. The van der Waals surface area contributed by atoms with Crippen LogP contribution in [0.25, 0.3) is 11.0 Å². The average Bonchev–Trinajstić information content (AvgIpc) is 3.17. The quantitative estimate of drug-likeness (QED) is 0.629. The van der Waals surface area contributed by atoms with Crippen molar-refractivity contribution in [1.82, 2.24) is 9.55 Å². The van der Waals surface area contributed by atoms with Crippen LogP contribution in [-0.4, -0.2) is 35.2 Å². The van der Waals surface area contributed by atoms with Gasteiger partial charge in [-0.25, -0.2) is 4.98 Å². The number of hydrogen-bond donors (Lipinski definition) is 0. The number of carbonyl (C=O) groups is 2. The first-order valence-corrected chi connectivity index (χ1v) is 9.46. The molecule has 2 heterocycles. The zero-order valence-electron chi connectivity index (χ0n) is 15.2. The minimum Gasteiger partial charge on any atom is -0.370 e. The topological polar surface area (TPSA) is 55.2 Å². The number of aromatic nitrogens is 2. The molecule has 0 N–H and O–H groups in total. The lowest BCUT2D eigenvalue weighted by Crippen LogP contribution is -2.34. The molecule has 0 aliphatic carbocycles. The minimum atomic E-state index is -0.0650. The highest BCUT2D eigenvalue weighted by molar-refractivity contribution is 5.89. The maximum atomic E-state index is 11.3. The summed E-state index contributed by atoms with van der Waals surface area (Å²) in [5, 5.41) is 0. The van der Waals surface area contributed by atoms with Crippen molar-refractivity contribution in [2.24, 2.45) is 5.92 Å². The molecule has 2 aromatic carbocycles. The van der Waals surface area contributed by atoms with Crippen LogP contribution in [0.2, 0.25) is 0 Å². The minimum absolute atomic E-state index is 0.0650. The van der Waals surface area contributed by atoms with Crippen LogP contribution < -0.4 is 4.90 Å². The molecule has 27 heavy (non-hydrogen) atoms. The number of benzene rings is 2. The van der Waals surface area contributed by atoms with Gasteiger partial charge in [0.15, 0.2) is 0 Å². The maximum Gasteiger partial charge on any atom is 0.123 e. The number of hydrogen-bond acceptors (Lipinski definition) is 4. The van der Waals surface area contributed by atoms with E-state index in [1.807, 2.05) is 42.7 Å². The van der Waals surface area contributed by atoms with Gasteiger partial charge in [-0.15, -0.1) is 0 Å². The summed E-state index contributed by atoms with van der Waals surface area (Å²) in [6.45, 7) is 1.73. The van der Waals surface area contributed by atoms with Gasteiger partial charge in [-0.05, 0) is 30.5 Å². The molecule has 1 aliphatic rings. The monoisotopic (exact) mass is 361 g/mol. The lowest BCUT2D eigenvalue weighted by Gasteiger charge is -2.31. The molecular weight excluding hydrogens is 338 g/mol. The van der Waals surface area contributed by atoms with Crippen LogP contribution in [-0.2, 0) is 9.59 Å². The molecule has 0 saturated carbocycles. The van der Waals surface area contributed by atoms with E-state index >= 15 is 0 Å². The molecule has 1 unspecified atom stereocenters. The molecule has 0 spiro atoms. The SMILES string of the molecule is O=CCC(c1ccccc1)n1cnc2c(N3CCC(C=O)CC3)cccc21. The van der Waals surface area contributed by atoms with Gasteiger partial charge in [0.25, 0.3) is 0 Å². The van der Waals surface area contributed by atoms with Crippen molar-refractivity contribution < 1.29 is 9.59 Å². The standard InChI is InChI=1S/C22H23N3O2/c26-14-11-19(18-5-2-1-3-6-18)25-16-23-22-20(7-4-8-21(22)25)24-12-9-17(15-27)10-13-24/h1-8,14-17,19H,9-13H2. The maximum absolute atomic E-state index is 11.3. The van der Waals surface area contributed by atoms with Crippen LogP contribution in [0, 0.1) is 5.92 Å². The molecule has 1 fully saturated rings. The predicted octanol–water partition coefficient (Wildman–Crippen LogP) is 3.63. The van der Waals surface area contributed by atoms with E-state index in [0.29, 0.717) is 6.42 Å². The van der Waals surface area contributed by atoms with E-state index in [0.717, 1.165) is 60.8 Å². The normalized spacial score (nSPS) is 16.4. The van der Waals surface area contributed by atoms with E-state index in [9.17, 15) is 9.59 Å². The van der Waals surface area contributed by atoms with Crippen molar-refractivity contribution in [1.29, 1.82) is 0 Å². The predicted molar refractivity (Wildman–Crippen MR) is 106 cm³/mol. The molecule has 3 aromatic rings. The Morgan fingerprint density at radius 3 is 2.52 bits per heavy atom. The summed E-state index contributed by atoms with van der Waals surface area (Å²) in [7, 11) is 0. The van der Waals surface area contributed by atoms with Gasteiger partial charge in [0.1, 0.15) is 18.1 Å². The second-order valence-corrected chi connectivity index (χ2v) is 7.09. The van der Waals surface area contributed by atoms with Crippen molar-refractivity contribution in [3.63, 3.8) is 0 Å². The van der Waals surface area contributed by atoms with Gasteiger partial charge in [0.05, 0.1) is 23.6 Å². The molecule has 1 atom stereocenters. The molecule has 1 aliphatic heterocycles. The number of aldehydes is 2.